The van der Waals surface area contributed by atoms with E-state index in [-0.39, 0.29) is 17.8 Å². The molecule has 4 aromatic carbocycles. The summed E-state index contributed by atoms with van der Waals surface area (Å²) in [5.41, 5.74) is 9.65. The summed E-state index contributed by atoms with van der Waals surface area (Å²) < 4.78 is 11.6. The lowest BCUT2D eigenvalue weighted by Crippen LogP contribution is -2.35. The van der Waals surface area contributed by atoms with Crippen LogP contribution in [0.5, 0.6) is 11.5 Å². The highest BCUT2D eigenvalue weighted by Crippen LogP contribution is 2.33. The minimum Gasteiger partial charge on any atom is -0.493 e. The molecule has 0 aliphatic heterocycles. The van der Waals surface area contributed by atoms with Crippen LogP contribution < -0.4 is 25.8 Å². The number of amidine groups is 1. The fourth-order valence-corrected chi connectivity index (χ4v) is 4.10. The van der Waals surface area contributed by atoms with Crippen LogP contribution in [-0.4, -0.2) is 24.1 Å². The Morgan fingerprint density at radius 2 is 1.56 bits per heavy atom. The predicted molar refractivity (Wildman–Crippen MR) is 152 cm³/mol. The summed E-state index contributed by atoms with van der Waals surface area (Å²) in [5, 5.41) is 18.4. The number of rotatable bonds is 11. The van der Waals surface area contributed by atoms with Crippen LogP contribution in [-0.2, 0) is 11.4 Å². The number of oxime groups is 1. The van der Waals surface area contributed by atoms with Gasteiger partial charge in [-0.2, -0.15) is 0 Å². The van der Waals surface area contributed by atoms with Crippen LogP contribution in [0.1, 0.15) is 41.3 Å². The average Bonchev–Trinajstić information content (AvgIpc) is 2.99. The largest absolute Gasteiger partial charge is 0.493 e. The molecule has 0 aliphatic carbocycles. The standard InChI is InChI=1S/C31H32N4O4/c1-21(23-11-7-4-8-12-23)33-31(36)29(34-26-16-13-24(14-17-26)30(32)35-37)25-15-18-27(28(19-25)38-2)39-20-22-9-5-3-6-10-22/h3-19,21,29,34,37H,20H2,1-2H3,(H2,32,35)(H,33,36)/t21-,29-/m1/s1. The van der Waals surface area contributed by atoms with Gasteiger partial charge in [0.1, 0.15) is 12.6 Å². The highest BCUT2D eigenvalue weighted by Gasteiger charge is 2.24. The third-order valence-electron chi connectivity index (χ3n) is 6.28. The van der Waals surface area contributed by atoms with Crippen molar-refractivity contribution in [1.29, 1.82) is 0 Å². The highest BCUT2D eigenvalue weighted by molar-refractivity contribution is 5.97. The number of methoxy groups -OCH3 is 1. The van der Waals surface area contributed by atoms with Gasteiger partial charge in [0.05, 0.1) is 13.2 Å². The van der Waals surface area contributed by atoms with Crippen molar-refractivity contribution in [3.63, 3.8) is 0 Å². The molecular formula is C31H32N4O4. The first-order chi connectivity index (χ1) is 19.0. The molecule has 0 fully saturated rings. The zero-order valence-electron chi connectivity index (χ0n) is 21.9. The Hall–Kier alpha value is -4.98. The summed E-state index contributed by atoms with van der Waals surface area (Å²) in [4.78, 5) is 13.6. The summed E-state index contributed by atoms with van der Waals surface area (Å²) in [7, 11) is 1.57. The lowest BCUT2D eigenvalue weighted by molar-refractivity contribution is -0.122. The Kier molecular flexibility index (Phi) is 9.03. The molecule has 1 amide bonds. The second-order valence-corrected chi connectivity index (χ2v) is 8.97. The van der Waals surface area contributed by atoms with Gasteiger partial charge in [0, 0.05) is 11.3 Å². The molecule has 0 saturated carbocycles. The van der Waals surface area contributed by atoms with E-state index < -0.39 is 6.04 Å². The molecule has 0 aliphatic rings. The maximum absolute atomic E-state index is 13.6. The average molecular weight is 525 g/mol. The first kappa shape index (κ1) is 27.1. The number of nitrogens with zero attached hydrogens (tertiary/aromatic N) is 1. The van der Waals surface area contributed by atoms with Gasteiger partial charge in [0.15, 0.2) is 17.3 Å². The molecule has 0 spiro atoms. The Bertz CT molecular complexity index is 1390. The second-order valence-electron chi connectivity index (χ2n) is 8.97. The summed E-state index contributed by atoms with van der Waals surface area (Å²) in [5.74, 6) is 0.877. The number of anilines is 1. The quantitative estimate of drug-likeness (QED) is 0.0903. The molecule has 2 atom stereocenters. The first-order valence-corrected chi connectivity index (χ1v) is 12.5. The van der Waals surface area contributed by atoms with Crippen molar-refractivity contribution in [1.82, 2.24) is 5.32 Å². The summed E-state index contributed by atoms with van der Waals surface area (Å²) in [6.07, 6.45) is 0. The molecule has 0 radical (unpaired) electrons. The molecule has 200 valence electrons. The van der Waals surface area contributed by atoms with Gasteiger partial charge in [-0.15, -0.1) is 0 Å². The Morgan fingerprint density at radius 1 is 0.897 bits per heavy atom. The maximum atomic E-state index is 13.6. The van der Waals surface area contributed by atoms with E-state index in [1.807, 2.05) is 73.7 Å². The van der Waals surface area contributed by atoms with Crippen LogP contribution in [0.4, 0.5) is 5.69 Å². The Balaban J connectivity index is 1.60. The smallest absolute Gasteiger partial charge is 0.247 e. The van der Waals surface area contributed by atoms with E-state index in [0.717, 1.165) is 11.1 Å². The van der Waals surface area contributed by atoms with E-state index in [9.17, 15) is 4.79 Å². The number of nitrogens with two attached hydrogens (primary N) is 1. The van der Waals surface area contributed by atoms with Crippen LogP contribution >= 0.6 is 0 Å². The molecule has 5 N–H and O–H groups in total. The normalized spacial score (nSPS) is 12.7. The van der Waals surface area contributed by atoms with Gasteiger partial charge in [-0.05, 0) is 60.0 Å². The van der Waals surface area contributed by atoms with Crippen molar-refractivity contribution in [3.05, 3.63) is 125 Å². The minimum absolute atomic E-state index is 0.00311. The molecule has 4 rings (SSSR count). The van der Waals surface area contributed by atoms with Crippen LogP contribution in [0.25, 0.3) is 0 Å². The fourth-order valence-electron chi connectivity index (χ4n) is 4.10. The van der Waals surface area contributed by atoms with E-state index in [1.165, 1.54) is 0 Å². The lowest BCUT2D eigenvalue weighted by Gasteiger charge is -2.24. The summed E-state index contributed by atoms with van der Waals surface area (Å²) >= 11 is 0. The number of benzene rings is 4. The third-order valence-corrected chi connectivity index (χ3v) is 6.28. The number of nitrogens with one attached hydrogen (secondary N) is 2. The van der Waals surface area contributed by atoms with Crippen molar-refractivity contribution < 1.29 is 19.5 Å². The monoisotopic (exact) mass is 524 g/mol. The van der Waals surface area contributed by atoms with Gasteiger partial charge in [-0.1, -0.05) is 71.9 Å². The molecule has 0 unspecified atom stereocenters. The Morgan fingerprint density at radius 3 is 2.21 bits per heavy atom. The summed E-state index contributed by atoms with van der Waals surface area (Å²) in [6.45, 7) is 2.33. The molecule has 0 bridgehead atoms. The van der Waals surface area contributed by atoms with E-state index in [2.05, 4.69) is 15.8 Å². The molecule has 0 heterocycles. The topological polar surface area (TPSA) is 118 Å². The zero-order valence-corrected chi connectivity index (χ0v) is 21.9. The maximum Gasteiger partial charge on any atom is 0.247 e. The number of hydrogen-bond acceptors (Lipinski definition) is 6. The number of amides is 1. The van der Waals surface area contributed by atoms with E-state index in [4.69, 9.17) is 20.4 Å². The van der Waals surface area contributed by atoms with Crippen LogP contribution in [0.15, 0.2) is 108 Å². The van der Waals surface area contributed by atoms with Crippen molar-refractivity contribution >= 4 is 17.4 Å². The molecule has 8 nitrogen and oxygen atoms in total. The van der Waals surface area contributed by atoms with Crippen LogP contribution in [0.2, 0.25) is 0 Å². The van der Waals surface area contributed by atoms with E-state index >= 15 is 0 Å². The van der Waals surface area contributed by atoms with Crippen molar-refractivity contribution in [3.8, 4) is 11.5 Å². The van der Waals surface area contributed by atoms with Gasteiger partial charge in [0.25, 0.3) is 0 Å². The number of ether oxygens (including phenoxy) is 2. The molecule has 4 aromatic rings. The lowest BCUT2D eigenvalue weighted by atomic mass is 10.0. The van der Waals surface area contributed by atoms with Gasteiger partial charge in [-0.25, -0.2) is 0 Å². The van der Waals surface area contributed by atoms with E-state index in [1.54, 1.807) is 43.5 Å². The third kappa shape index (κ3) is 7.07. The molecule has 8 heteroatoms. The highest BCUT2D eigenvalue weighted by atomic mass is 16.5. The SMILES string of the molecule is COc1cc([C@@H](Nc2ccc(/C(N)=N/O)cc2)C(=O)N[C@H](C)c2ccccc2)ccc1OCc1ccccc1. The van der Waals surface area contributed by atoms with Crippen molar-refractivity contribution in [2.75, 3.05) is 12.4 Å². The zero-order chi connectivity index (χ0) is 27.6. The molecular weight excluding hydrogens is 492 g/mol. The van der Waals surface area contributed by atoms with Gasteiger partial charge in [-0.3, -0.25) is 4.79 Å². The summed E-state index contributed by atoms with van der Waals surface area (Å²) in [6, 6.07) is 31.1. The Labute approximate surface area is 228 Å². The van der Waals surface area contributed by atoms with Gasteiger partial charge < -0.3 is 31.0 Å². The fraction of sp³-hybridized carbons (Fsp3) is 0.161. The minimum atomic E-state index is -0.747. The number of carbonyl (C=O) groups is 1. The van der Waals surface area contributed by atoms with Crippen molar-refractivity contribution in [2.24, 2.45) is 10.9 Å². The first-order valence-electron chi connectivity index (χ1n) is 12.5. The van der Waals surface area contributed by atoms with Crippen LogP contribution in [0.3, 0.4) is 0 Å². The molecule has 39 heavy (non-hydrogen) atoms. The molecule has 0 aromatic heterocycles. The number of hydrogen-bond donors (Lipinski definition) is 4. The van der Waals surface area contributed by atoms with Crippen LogP contribution in [0, 0.1) is 0 Å². The second kappa shape index (κ2) is 13.0. The van der Waals surface area contributed by atoms with Crippen molar-refractivity contribution in [2.45, 2.75) is 25.6 Å². The van der Waals surface area contributed by atoms with Gasteiger partial charge in [0.2, 0.25) is 5.91 Å². The van der Waals surface area contributed by atoms with Gasteiger partial charge >= 0.3 is 0 Å². The predicted octanol–water partition coefficient (Wildman–Crippen LogP) is 5.40. The molecule has 0 saturated heterocycles. The van der Waals surface area contributed by atoms with E-state index in [0.29, 0.717) is 34.9 Å². The number of carbonyl (C=O) groups excluding carboxylic acids is 1.